The zero-order valence-corrected chi connectivity index (χ0v) is 17.8. The highest BCUT2D eigenvalue weighted by atomic mass is 16.5. The summed E-state index contributed by atoms with van der Waals surface area (Å²) in [5.41, 5.74) is 8.83. The molecule has 5 rings (SSSR count). The normalized spacial score (nSPS) is 28.3. The van der Waals surface area contributed by atoms with Gasteiger partial charge in [0.05, 0.1) is 0 Å². The number of piperidine rings is 1. The number of nitrogens with one attached hydrogen (secondary N) is 1. The molecule has 0 radical (unpaired) electrons. The molecule has 4 heterocycles. The maximum atomic E-state index is 13.4. The Kier molecular flexibility index (Phi) is 5.32. The summed E-state index contributed by atoms with van der Waals surface area (Å²) < 4.78 is 5.63. The first-order valence-electron chi connectivity index (χ1n) is 11.3. The van der Waals surface area contributed by atoms with Crippen molar-refractivity contribution in [3.05, 3.63) is 34.9 Å². The molecule has 0 saturated carbocycles. The predicted molar refractivity (Wildman–Crippen MR) is 113 cm³/mol. The van der Waals surface area contributed by atoms with Crippen molar-refractivity contribution in [2.24, 2.45) is 11.7 Å². The van der Waals surface area contributed by atoms with Crippen molar-refractivity contribution in [2.45, 2.75) is 56.8 Å². The van der Waals surface area contributed by atoms with Crippen molar-refractivity contribution in [2.75, 3.05) is 26.3 Å². The smallest absolute Gasteiger partial charge is 0.255 e. The van der Waals surface area contributed by atoms with Crippen molar-refractivity contribution in [1.82, 2.24) is 15.1 Å². The third-order valence-corrected chi connectivity index (χ3v) is 7.57. The molecular weight excluding hydrogens is 396 g/mol. The number of nitrogens with two attached hydrogens (primary N) is 1. The van der Waals surface area contributed by atoms with E-state index in [1.54, 1.807) is 4.90 Å². The number of carbonyl (C=O) groups excluding carboxylic acids is 3. The molecular formula is C23H30N4O4. The molecule has 0 aliphatic carbocycles. The average molecular weight is 427 g/mol. The summed E-state index contributed by atoms with van der Waals surface area (Å²) >= 11 is 0. The van der Waals surface area contributed by atoms with Gasteiger partial charge in [0.1, 0.15) is 6.04 Å². The van der Waals surface area contributed by atoms with Crippen molar-refractivity contribution in [3.63, 3.8) is 0 Å². The number of fused-ring (bicyclic) bond motifs is 1. The molecule has 4 aliphatic heterocycles. The number of carbonyl (C=O) groups is 3. The topological polar surface area (TPSA) is 105 Å². The largest absolute Gasteiger partial charge is 0.381 e. The Hall–Kier alpha value is -2.29. The van der Waals surface area contributed by atoms with Gasteiger partial charge in [-0.1, -0.05) is 18.2 Å². The zero-order valence-electron chi connectivity index (χ0n) is 17.8. The Morgan fingerprint density at radius 3 is 2.74 bits per heavy atom. The maximum Gasteiger partial charge on any atom is 0.255 e. The quantitative estimate of drug-likeness (QED) is 0.690. The lowest BCUT2D eigenvalue weighted by Crippen LogP contribution is -2.52. The molecule has 0 bridgehead atoms. The molecule has 3 saturated heterocycles. The molecule has 1 aromatic rings. The van der Waals surface area contributed by atoms with Crippen molar-refractivity contribution in [3.8, 4) is 0 Å². The number of ether oxygens (including phenoxy) is 1. The molecule has 166 valence electrons. The number of likely N-dealkylation sites (tertiary alicyclic amines) is 1. The number of hydrogen-bond acceptors (Lipinski definition) is 6. The minimum atomic E-state index is -0.583. The van der Waals surface area contributed by atoms with Crippen molar-refractivity contribution < 1.29 is 19.1 Å². The van der Waals surface area contributed by atoms with Gasteiger partial charge in [-0.15, -0.1) is 0 Å². The van der Waals surface area contributed by atoms with Crippen molar-refractivity contribution >= 4 is 17.7 Å². The van der Waals surface area contributed by atoms with E-state index in [2.05, 4.69) is 10.2 Å². The van der Waals surface area contributed by atoms with Gasteiger partial charge in [-0.3, -0.25) is 24.6 Å². The summed E-state index contributed by atoms with van der Waals surface area (Å²) in [6.45, 7) is 4.26. The maximum absolute atomic E-state index is 13.4. The first kappa shape index (κ1) is 20.6. The van der Waals surface area contributed by atoms with Crippen molar-refractivity contribution in [1.29, 1.82) is 0 Å². The number of amides is 3. The van der Waals surface area contributed by atoms with Crippen LogP contribution in [0.2, 0.25) is 0 Å². The molecule has 1 spiro atoms. The molecule has 2 unspecified atom stereocenters. The second-order valence-corrected chi connectivity index (χ2v) is 9.37. The lowest BCUT2D eigenvalue weighted by atomic mass is 9.84. The van der Waals surface area contributed by atoms with Gasteiger partial charge in [0.15, 0.2) is 0 Å². The van der Waals surface area contributed by atoms with E-state index in [-0.39, 0.29) is 29.7 Å². The summed E-state index contributed by atoms with van der Waals surface area (Å²) in [4.78, 5) is 41.4. The summed E-state index contributed by atoms with van der Waals surface area (Å²) in [5.74, 6) is -0.275. The Morgan fingerprint density at radius 1 is 1.19 bits per heavy atom. The minimum absolute atomic E-state index is 0.0932. The molecule has 1 aromatic carbocycles. The van der Waals surface area contributed by atoms with E-state index in [0.29, 0.717) is 32.0 Å². The Morgan fingerprint density at radius 2 is 2.00 bits per heavy atom. The minimum Gasteiger partial charge on any atom is -0.381 e. The Labute approximate surface area is 182 Å². The summed E-state index contributed by atoms with van der Waals surface area (Å²) in [5, 5.41) is 2.37. The van der Waals surface area contributed by atoms with Crippen LogP contribution in [-0.2, 0) is 27.4 Å². The van der Waals surface area contributed by atoms with Crippen LogP contribution in [0.25, 0.3) is 0 Å². The third kappa shape index (κ3) is 3.56. The lowest BCUT2D eigenvalue weighted by Gasteiger charge is -2.41. The highest BCUT2D eigenvalue weighted by molar-refractivity contribution is 6.06. The second-order valence-electron chi connectivity index (χ2n) is 9.37. The highest BCUT2D eigenvalue weighted by Crippen LogP contribution is 2.42. The first-order chi connectivity index (χ1) is 15.0. The first-order valence-corrected chi connectivity index (χ1v) is 11.3. The van der Waals surface area contributed by atoms with Crippen LogP contribution in [0.4, 0.5) is 0 Å². The van der Waals surface area contributed by atoms with Crippen LogP contribution in [0.1, 0.15) is 53.6 Å². The summed E-state index contributed by atoms with van der Waals surface area (Å²) in [6, 6.07) is 5.43. The fourth-order valence-electron chi connectivity index (χ4n) is 5.93. The van der Waals surface area contributed by atoms with E-state index in [9.17, 15) is 14.4 Å². The van der Waals surface area contributed by atoms with Gasteiger partial charge in [-0.2, -0.15) is 0 Å². The SMILES string of the molecule is NCC1CN(Cc2cccc3c2C(=O)N(C2CCC(=O)NC2=O)C3)C2(CCOCC2)C1. The average Bonchev–Trinajstić information content (AvgIpc) is 3.27. The van der Waals surface area contributed by atoms with Crippen LogP contribution in [0.3, 0.4) is 0 Å². The predicted octanol–water partition coefficient (Wildman–Crippen LogP) is 0.777. The highest BCUT2D eigenvalue weighted by Gasteiger charge is 2.46. The van der Waals surface area contributed by atoms with Gasteiger partial charge in [0.2, 0.25) is 11.8 Å². The van der Waals surface area contributed by atoms with Crippen LogP contribution in [-0.4, -0.2) is 65.4 Å². The van der Waals surface area contributed by atoms with E-state index in [1.165, 1.54) is 0 Å². The molecule has 8 heteroatoms. The fraction of sp³-hybridized carbons (Fsp3) is 0.609. The molecule has 3 N–H and O–H groups in total. The van der Waals surface area contributed by atoms with Gasteiger partial charge < -0.3 is 15.4 Å². The summed E-state index contributed by atoms with van der Waals surface area (Å²) in [7, 11) is 0. The molecule has 8 nitrogen and oxygen atoms in total. The van der Waals surface area contributed by atoms with Gasteiger partial charge in [-0.05, 0) is 49.3 Å². The van der Waals surface area contributed by atoms with Crippen LogP contribution < -0.4 is 11.1 Å². The Bertz CT molecular complexity index is 911. The molecule has 3 amide bonds. The number of nitrogens with zero attached hydrogens (tertiary/aromatic N) is 2. The van der Waals surface area contributed by atoms with E-state index < -0.39 is 6.04 Å². The number of hydrogen-bond donors (Lipinski definition) is 2. The second kappa shape index (κ2) is 8.00. The molecule has 2 atom stereocenters. The van der Waals surface area contributed by atoms with Crippen LogP contribution in [0, 0.1) is 5.92 Å². The zero-order chi connectivity index (χ0) is 21.6. The molecule has 3 fully saturated rings. The van der Waals surface area contributed by atoms with E-state index in [1.807, 2.05) is 18.2 Å². The third-order valence-electron chi connectivity index (χ3n) is 7.57. The monoisotopic (exact) mass is 426 g/mol. The van der Waals surface area contributed by atoms with Crippen LogP contribution in [0.5, 0.6) is 0 Å². The van der Waals surface area contributed by atoms with E-state index in [4.69, 9.17) is 10.5 Å². The van der Waals surface area contributed by atoms with Crippen LogP contribution >= 0.6 is 0 Å². The lowest BCUT2D eigenvalue weighted by molar-refractivity contribution is -0.136. The van der Waals surface area contributed by atoms with Crippen LogP contribution in [0.15, 0.2) is 18.2 Å². The van der Waals surface area contributed by atoms with Gasteiger partial charge in [-0.25, -0.2) is 0 Å². The van der Waals surface area contributed by atoms with E-state index >= 15 is 0 Å². The van der Waals surface area contributed by atoms with E-state index in [0.717, 1.165) is 55.7 Å². The number of rotatable bonds is 4. The standard InChI is InChI=1S/C23H30N4O4/c24-11-15-10-23(6-8-31-9-7-23)26(12-15)13-16-2-1-3-17-14-27(22(30)20(16)17)18-4-5-19(28)25-21(18)29/h1-3,15,18H,4-14,24H2,(H,25,28,29). The summed E-state index contributed by atoms with van der Waals surface area (Å²) in [6.07, 6.45) is 3.72. The molecule has 31 heavy (non-hydrogen) atoms. The van der Waals surface area contributed by atoms with Gasteiger partial charge in [0.25, 0.3) is 5.91 Å². The van der Waals surface area contributed by atoms with Gasteiger partial charge in [0, 0.05) is 50.4 Å². The fourth-order valence-corrected chi connectivity index (χ4v) is 5.93. The molecule has 0 aromatic heterocycles. The Balaban J connectivity index is 1.40. The number of imide groups is 1. The molecule has 4 aliphatic rings. The number of benzene rings is 1. The van der Waals surface area contributed by atoms with Gasteiger partial charge >= 0.3 is 0 Å².